The van der Waals surface area contributed by atoms with E-state index in [0.717, 1.165) is 5.56 Å². The highest BCUT2D eigenvalue weighted by Crippen LogP contribution is 2.28. The Balaban J connectivity index is 1.99. The van der Waals surface area contributed by atoms with Crippen LogP contribution < -0.4 is 0 Å². The quantitative estimate of drug-likeness (QED) is 0.410. The lowest BCUT2D eigenvalue weighted by Gasteiger charge is -2.20. The predicted octanol–water partition coefficient (Wildman–Crippen LogP) is 0.692. The van der Waals surface area contributed by atoms with Crippen LogP contribution in [0, 0.1) is 0 Å². The molecule has 0 aliphatic carbocycles. The fourth-order valence-corrected chi connectivity index (χ4v) is 3.06. The van der Waals surface area contributed by atoms with Crippen molar-refractivity contribution >= 4 is 16.7 Å². The van der Waals surface area contributed by atoms with Gasteiger partial charge in [0, 0.05) is 5.56 Å². The molecule has 0 radical (unpaired) electrons. The van der Waals surface area contributed by atoms with Crippen LogP contribution in [0.15, 0.2) is 54.6 Å². The van der Waals surface area contributed by atoms with Crippen LogP contribution in [0.4, 0.5) is 0 Å². The Bertz CT molecular complexity index is 1080. The van der Waals surface area contributed by atoms with E-state index in [4.69, 9.17) is 5.11 Å². The average Bonchev–Trinajstić information content (AvgIpc) is 3.17. The summed E-state index contributed by atoms with van der Waals surface area (Å²) in [7, 11) is 0. The zero-order valence-electron chi connectivity index (χ0n) is 14.2. The van der Waals surface area contributed by atoms with Crippen LogP contribution in [0.25, 0.3) is 27.9 Å². The number of aliphatic hydroxyl groups excluding tert-OH is 4. The van der Waals surface area contributed by atoms with Crippen molar-refractivity contribution in [3.63, 3.8) is 0 Å². The summed E-state index contributed by atoms with van der Waals surface area (Å²) >= 11 is 0. The molecule has 0 saturated carbocycles. The van der Waals surface area contributed by atoms with Crippen LogP contribution in [-0.2, 0) is 0 Å². The maximum absolute atomic E-state index is 10.5. The molecule has 0 aliphatic rings. The first-order valence-corrected chi connectivity index (χ1v) is 8.46. The highest BCUT2D eigenvalue weighted by Gasteiger charge is 2.30. The summed E-state index contributed by atoms with van der Waals surface area (Å²) in [6.45, 7) is -0.688. The first-order chi connectivity index (χ1) is 13.1. The van der Waals surface area contributed by atoms with Crippen LogP contribution in [0.1, 0.15) is 11.9 Å². The van der Waals surface area contributed by atoms with Crippen molar-refractivity contribution in [2.75, 3.05) is 6.61 Å². The van der Waals surface area contributed by atoms with Gasteiger partial charge in [-0.05, 0) is 12.1 Å². The lowest BCUT2D eigenvalue weighted by Crippen LogP contribution is -2.35. The largest absolute Gasteiger partial charge is 0.394 e. The Kier molecular flexibility index (Phi) is 4.54. The molecule has 0 spiro atoms. The van der Waals surface area contributed by atoms with E-state index in [2.05, 4.69) is 15.2 Å². The molecule has 138 valence electrons. The molecule has 27 heavy (non-hydrogen) atoms. The molecule has 2 aromatic carbocycles. The second-order valence-electron chi connectivity index (χ2n) is 6.22. The second-order valence-corrected chi connectivity index (χ2v) is 6.22. The summed E-state index contributed by atoms with van der Waals surface area (Å²) < 4.78 is 1.61. The van der Waals surface area contributed by atoms with Gasteiger partial charge < -0.3 is 20.4 Å². The third-order valence-corrected chi connectivity index (χ3v) is 4.47. The number of rotatable bonds is 5. The van der Waals surface area contributed by atoms with E-state index < -0.39 is 24.9 Å². The Morgan fingerprint density at radius 2 is 1.59 bits per heavy atom. The van der Waals surface area contributed by atoms with Crippen molar-refractivity contribution in [2.45, 2.75) is 18.3 Å². The zero-order valence-corrected chi connectivity index (χ0v) is 14.2. The number of para-hydroxylation sites is 2. The van der Waals surface area contributed by atoms with E-state index in [9.17, 15) is 15.3 Å². The Morgan fingerprint density at radius 1 is 0.889 bits per heavy atom. The van der Waals surface area contributed by atoms with Crippen molar-refractivity contribution in [1.82, 2.24) is 19.6 Å². The average molecular weight is 366 g/mol. The number of nitrogens with zero attached hydrogens (tertiary/aromatic N) is 4. The van der Waals surface area contributed by atoms with E-state index >= 15 is 0 Å². The van der Waals surface area contributed by atoms with E-state index in [-0.39, 0.29) is 5.82 Å². The minimum Gasteiger partial charge on any atom is -0.394 e. The molecule has 0 amide bonds. The standard InChI is InChI=1S/C19H18N4O4/c24-10-14(25)16(26)17(27)19-22-21-18-15(11-6-2-1-3-7-11)20-12-8-4-5-9-13(12)23(18)19/h1-9,14,16-17,24-27H,10H2/t14-,16-,17+/m1/s1. The van der Waals surface area contributed by atoms with Crippen molar-refractivity contribution in [1.29, 1.82) is 0 Å². The summed E-state index contributed by atoms with van der Waals surface area (Å²) in [5.74, 6) is 0.0563. The van der Waals surface area contributed by atoms with E-state index in [0.29, 0.717) is 22.4 Å². The molecule has 8 nitrogen and oxygen atoms in total. The molecule has 8 heteroatoms. The summed E-state index contributed by atoms with van der Waals surface area (Å²) in [4.78, 5) is 4.69. The normalized spacial score (nSPS) is 15.1. The van der Waals surface area contributed by atoms with E-state index in [1.165, 1.54) is 0 Å². The molecule has 0 saturated heterocycles. The number of aliphatic hydroxyl groups is 4. The van der Waals surface area contributed by atoms with Crippen molar-refractivity contribution < 1.29 is 20.4 Å². The smallest absolute Gasteiger partial charge is 0.188 e. The molecule has 0 aliphatic heterocycles. The van der Waals surface area contributed by atoms with Gasteiger partial charge in [0.05, 0.1) is 17.6 Å². The molecule has 0 fully saturated rings. The first-order valence-electron chi connectivity index (χ1n) is 8.46. The number of aromatic nitrogens is 4. The topological polar surface area (TPSA) is 124 Å². The molecule has 4 aromatic rings. The summed E-state index contributed by atoms with van der Waals surface area (Å²) in [5, 5.41) is 47.6. The monoisotopic (exact) mass is 366 g/mol. The molecule has 2 aromatic heterocycles. The van der Waals surface area contributed by atoms with Gasteiger partial charge in [-0.2, -0.15) is 0 Å². The number of benzene rings is 2. The molecule has 3 atom stereocenters. The van der Waals surface area contributed by atoms with Gasteiger partial charge in [0.15, 0.2) is 11.5 Å². The van der Waals surface area contributed by atoms with Gasteiger partial charge in [0.1, 0.15) is 24.0 Å². The van der Waals surface area contributed by atoms with Gasteiger partial charge >= 0.3 is 0 Å². The Hall–Kier alpha value is -2.91. The van der Waals surface area contributed by atoms with Gasteiger partial charge in [0.25, 0.3) is 0 Å². The van der Waals surface area contributed by atoms with E-state index in [1.807, 2.05) is 48.5 Å². The molecule has 2 heterocycles. The van der Waals surface area contributed by atoms with Crippen molar-refractivity contribution in [3.05, 3.63) is 60.4 Å². The number of hydrogen-bond acceptors (Lipinski definition) is 7. The van der Waals surface area contributed by atoms with Gasteiger partial charge in [0.2, 0.25) is 0 Å². The van der Waals surface area contributed by atoms with Gasteiger partial charge in [-0.1, -0.05) is 42.5 Å². The Labute approximate surface area is 154 Å². The zero-order chi connectivity index (χ0) is 19.0. The minimum absolute atomic E-state index is 0.0563. The second kappa shape index (κ2) is 7.01. The van der Waals surface area contributed by atoms with Crippen LogP contribution in [-0.4, -0.2) is 58.8 Å². The fraction of sp³-hybridized carbons (Fsp3) is 0.211. The SMILES string of the molecule is OC[C@@H](O)[C@@H](O)[C@H](O)c1nnc2c(-c3ccccc3)nc3ccccc3n12. The maximum atomic E-state index is 10.5. The molecule has 0 unspecified atom stereocenters. The van der Waals surface area contributed by atoms with Crippen molar-refractivity contribution in [3.8, 4) is 11.3 Å². The van der Waals surface area contributed by atoms with Crippen LogP contribution in [0.5, 0.6) is 0 Å². The highest BCUT2D eigenvalue weighted by atomic mass is 16.4. The van der Waals surface area contributed by atoms with Crippen LogP contribution in [0.3, 0.4) is 0 Å². The molecule has 0 bridgehead atoms. The van der Waals surface area contributed by atoms with Crippen molar-refractivity contribution in [2.24, 2.45) is 0 Å². The molecule has 4 N–H and O–H groups in total. The summed E-state index contributed by atoms with van der Waals surface area (Å²) in [5.41, 5.74) is 3.14. The molecular weight excluding hydrogens is 348 g/mol. The third kappa shape index (κ3) is 2.94. The summed E-state index contributed by atoms with van der Waals surface area (Å²) in [6, 6.07) is 16.8. The number of fused-ring (bicyclic) bond motifs is 3. The lowest BCUT2D eigenvalue weighted by atomic mass is 10.1. The molecular formula is C19H18N4O4. The van der Waals surface area contributed by atoms with E-state index in [1.54, 1.807) is 10.5 Å². The first kappa shape index (κ1) is 17.5. The van der Waals surface area contributed by atoms with Gasteiger partial charge in [-0.25, -0.2) is 4.98 Å². The highest BCUT2D eigenvalue weighted by molar-refractivity contribution is 5.85. The predicted molar refractivity (Wildman–Crippen MR) is 97.8 cm³/mol. The van der Waals surface area contributed by atoms with Gasteiger partial charge in [-0.15, -0.1) is 10.2 Å². The fourth-order valence-electron chi connectivity index (χ4n) is 3.06. The Morgan fingerprint density at radius 3 is 2.33 bits per heavy atom. The minimum atomic E-state index is -1.62. The van der Waals surface area contributed by atoms with Gasteiger partial charge in [-0.3, -0.25) is 4.40 Å². The molecule has 4 rings (SSSR count). The van der Waals surface area contributed by atoms with Crippen LogP contribution in [0.2, 0.25) is 0 Å². The maximum Gasteiger partial charge on any atom is 0.188 e. The summed E-state index contributed by atoms with van der Waals surface area (Å²) in [6.07, 6.45) is -4.67. The van der Waals surface area contributed by atoms with Crippen LogP contribution >= 0.6 is 0 Å². The lowest BCUT2D eigenvalue weighted by molar-refractivity contribution is -0.0805. The third-order valence-electron chi connectivity index (χ3n) is 4.47. The number of hydrogen-bond donors (Lipinski definition) is 4.